The Morgan fingerprint density at radius 3 is 2.58 bits per heavy atom. The number of carbonyl (C=O) groups excluding carboxylic acids is 1. The van der Waals surface area contributed by atoms with E-state index < -0.39 is 6.09 Å². The summed E-state index contributed by atoms with van der Waals surface area (Å²) in [6, 6.07) is 9.33. The van der Waals surface area contributed by atoms with Crippen molar-refractivity contribution >= 4 is 11.8 Å². The van der Waals surface area contributed by atoms with E-state index in [1.54, 1.807) is 0 Å². The number of carbonyl (C=O) groups is 1. The molecule has 0 aromatic heterocycles. The molecule has 2 saturated carbocycles. The maximum atomic E-state index is 11.7. The fraction of sp³-hybridized carbons (Fsp3) is 0.667. The van der Waals surface area contributed by atoms with E-state index in [0.29, 0.717) is 23.5 Å². The van der Waals surface area contributed by atoms with Crippen molar-refractivity contribution in [2.45, 2.75) is 46.1 Å². The molecule has 1 aromatic rings. The molecule has 26 heavy (non-hydrogen) atoms. The number of quaternary nitrogens is 1. The van der Waals surface area contributed by atoms with Gasteiger partial charge in [0.25, 0.3) is 0 Å². The van der Waals surface area contributed by atoms with Gasteiger partial charge in [0.05, 0.1) is 19.3 Å². The summed E-state index contributed by atoms with van der Waals surface area (Å²) in [5.41, 5.74) is 1.48. The molecular weight excluding hydrogens is 328 g/mol. The highest BCUT2D eigenvalue weighted by atomic mass is 16.5. The maximum Gasteiger partial charge on any atom is 0.411 e. The standard InChI is InChI=1S/C21H32N2O3/c1-20(2)16-9-10-21(20,3)18(15-16)25-13-11-22-12-14-26-19(24)23-17-7-5-4-6-8-17/h4-8,16,18,22H,9-15H2,1-3H3,(H,23,24)/p+1/t16-,18+,21-/m1/s1. The van der Waals surface area contributed by atoms with Crippen LogP contribution < -0.4 is 10.6 Å². The third-order valence-corrected chi connectivity index (χ3v) is 6.93. The monoisotopic (exact) mass is 361 g/mol. The second kappa shape index (κ2) is 7.97. The topological polar surface area (TPSA) is 64.2 Å². The zero-order chi connectivity index (χ0) is 18.6. The summed E-state index contributed by atoms with van der Waals surface area (Å²) in [5.74, 6) is 0.818. The molecule has 2 aliphatic rings. The summed E-state index contributed by atoms with van der Waals surface area (Å²) >= 11 is 0. The van der Waals surface area contributed by atoms with Crippen molar-refractivity contribution in [2.24, 2.45) is 16.7 Å². The Hall–Kier alpha value is -1.59. The summed E-state index contributed by atoms with van der Waals surface area (Å²) in [7, 11) is 0. The molecule has 2 bridgehead atoms. The Balaban J connectivity index is 1.25. The van der Waals surface area contributed by atoms with Gasteiger partial charge in [-0.1, -0.05) is 39.0 Å². The summed E-state index contributed by atoms with van der Waals surface area (Å²) in [6.45, 7) is 10.1. The lowest BCUT2D eigenvalue weighted by molar-refractivity contribution is -0.657. The van der Waals surface area contributed by atoms with Crippen LogP contribution in [-0.4, -0.2) is 38.5 Å². The molecule has 0 heterocycles. The van der Waals surface area contributed by atoms with Gasteiger partial charge in [0, 0.05) is 5.69 Å². The number of ether oxygens (including phenoxy) is 2. The zero-order valence-electron chi connectivity index (χ0n) is 16.3. The fourth-order valence-corrected chi connectivity index (χ4v) is 4.73. The number of fused-ring (bicyclic) bond motifs is 2. The van der Waals surface area contributed by atoms with Crippen LogP contribution in [0.3, 0.4) is 0 Å². The second-order valence-corrected chi connectivity index (χ2v) is 8.46. The number of hydrogen-bond donors (Lipinski definition) is 2. The molecule has 3 atom stereocenters. The first-order valence-electron chi connectivity index (χ1n) is 9.85. The third-order valence-electron chi connectivity index (χ3n) is 6.93. The summed E-state index contributed by atoms with van der Waals surface area (Å²) in [6.07, 6.45) is 3.86. The molecule has 144 valence electrons. The molecule has 0 spiro atoms. The van der Waals surface area contributed by atoms with Crippen molar-refractivity contribution in [1.82, 2.24) is 0 Å². The Bertz CT molecular complexity index is 605. The van der Waals surface area contributed by atoms with Crippen LogP contribution in [0.4, 0.5) is 10.5 Å². The zero-order valence-corrected chi connectivity index (χ0v) is 16.3. The number of nitrogens with two attached hydrogens (primary N) is 1. The average Bonchev–Trinajstić information content (AvgIpc) is 2.95. The first-order valence-corrected chi connectivity index (χ1v) is 9.85. The Kier molecular flexibility index (Phi) is 5.88. The largest absolute Gasteiger partial charge is 0.443 e. The van der Waals surface area contributed by atoms with Crippen molar-refractivity contribution in [3.8, 4) is 0 Å². The van der Waals surface area contributed by atoms with E-state index in [1.807, 2.05) is 30.3 Å². The fourth-order valence-electron chi connectivity index (χ4n) is 4.73. The minimum atomic E-state index is -0.405. The number of para-hydroxylation sites is 1. The number of rotatable bonds is 8. The molecule has 2 fully saturated rings. The Morgan fingerprint density at radius 1 is 1.19 bits per heavy atom. The molecule has 0 radical (unpaired) electrons. The summed E-state index contributed by atoms with van der Waals surface area (Å²) in [5, 5.41) is 4.86. The SMILES string of the molecule is CC1(C)[C@@H]2CC[C@]1(C)[C@@H](OCC[NH2+]CCOC(=O)Nc1ccccc1)C2. The molecule has 2 aliphatic carbocycles. The molecule has 3 N–H and O–H groups in total. The highest BCUT2D eigenvalue weighted by Gasteiger charge is 2.61. The van der Waals surface area contributed by atoms with E-state index in [1.165, 1.54) is 19.3 Å². The van der Waals surface area contributed by atoms with Crippen molar-refractivity contribution in [3.05, 3.63) is 30.3 Å². The average molecular weight is 362 g/mol. The third kappa shape index (κ3) is 3.89. The lowest BCUT2D eigenvalue weighted by atomic mass is 9.70. The van der Waals surface area contributed by atoms with Crippen LogP contribution in [0.1, 0.15) is 40.0 Å². The van der Waals surface area contributed by atoms with E-state index >= 15 is 0 Å². The molecule has 0 aliphatic heterocycles. The molecule has 0 saturated heterocycles. The van der Waals surface area contributed by atoms with Gasteiger partial charge in [-0.3, -0.25) is 5.32 Å². The van der Waals surface area contributed by atoms with Crippen LogP contribution >= 0.6 is 0 Å². The Labute approximate surface area is 156 Å². The van der Waals surface area contributed by atoms with E-state index in [4.69, 9.17) is 9.47 Å². The lowest BCUT2D eigenvalue weighted by Crippen LogP contribution is -2.86. The number of amides is 1. The van der Waals surface area contributed by atoms with Gasteiger partial charge >= 0.3 is 6.09 Å². The van der Waals surface area contributed by atoms with Gasteiger partial charge < -0.3 is 14.8 Å². The van der Waals surface area contributed by atoms with Crippen LogP contribution in [0.15, 0.2) is 30.3 Å². The predicted octanol–water partition coefficient (Wildman–Crippen LogP) is 3.03. The highest BCUT2D eigenvalue weighted by molar-refractivity contribution is 5.84. The normalized spacial score (nSPS) is 28.9. The first kappa shape index (κ1) is 19.2. The highest BCUT2D eigenvalue weighted by Crippen LogP contribution is 2.66. The van der Waals surface area contributed by atoms with Crippen molar-refractivity contribution in [1.29, 1.82) is 0 Å². The minimum absolute atomic E-state index is 0.330. The quantitative estimate of drug-likeness (QED) is 0.700. The molecule has 0 unspecified atom stereocenters. The molecule has 5 nitrogen and oxygen atoms in total. The van der Waals surface area contributed by atoms with Gasteiger partial charge in [-0.25, -0.2) is 4.79 Å². The minimum Gasteiger partial charge on any atom is -0.443 e. The Morgan fingerprint density at radius 2 is 1.92 bits per heavy atom. The lowest BCUT2D eigenvalue weighted by Gasteiger charge is -2.38. The van der Waals surface area contributed by atoms with Crippen LogP contribution in [0.5, 0.6) is 0 Å². The smallest absolute Gasteiger partial charge is 0.411 e. The number of benzene rings is 1. The van der Waals surface area contributed by atoms with Gasteiger partial charge in [0.15, 0.2) is 0 Å². The van der Waals surface area contributed by atoms with E-state index in [0.717, 1.165) is 31.3 Å². The van der Waals surface area contributed by atoms with E-state index in [-0.39, 0.29) is 0 Å². The number of hydrogen-bond acceptors (Lipinski definition) is 3. The number of anilines is 1. The van der Waals surface area contributed by atoms with Gasteiger partial charge in [-0.15, -0.1) is 0 Å². The van der Waals surface area contributed by atoms with Gasteiger partial charge in [-0.2, -0.15) is 0 Å². The van der Waals surface area contributed by atoms with Crippen LogP contribution in [0.25, 0.3) is 0 Å². The van der Waals surface area contributed by atoms with E-state index in [2.05, 4.69) is 31.4 Å². The second-order valence-electron chi connectivity index (χ2n) is 8.46. The van der Waals surface area contributed by atoms with Gasteiger partial charge in [0.2, 0.25) is 0 Å². The molecule has 1 amide bonds. The van der Waals surface area contributed by atoms with Crippen LogP contribution in [-0.2, 0) is 9.47 Å². The first-order chi connectivity index (χ1) is 12.4. The van der Waals surface area contributed by atoms with Crippen LogP contribution in [0, 0.1) is 16.7 Å². The van der Waals surface area contributed by atoms with Gasteiger partial charge in [-0.05, 0) is 48.1 Å². The van der Waals surface area contributed by atoms with Crippen molar-refractivity contribution < 1.29 is 19.6 Å². The maximum absolute atomic E-state index is 11.7. The van der Waals surface area contributed by atoms with Crippen molar-refractivity contribution in [3.63, 3.8) is 0 Å². The predicted molar refractivity (Wildman–Crippen MR) is 102 cm³/mol. The summed E-state index contributed by atoms with van der Waals surface area (Å²) < 4.78 is 11.4. The van der Waals surface area contributed by atoms with Crippen LogP contribution in [0.2, 0.25) is 0 Å². The molecule has 3 rings (SSSR count). The molecule has 1 aromatic carbocycles. The molecular formula is C21H33N2O3+. The molecule has 5 heteroatoms. The van der Waals surface area contributed by atoms with Gasteiger partial charge in [0.1, 0.15) is 13.2 Å². The number of nitrogens with one attached hydrogen (secondary N) is 1. The summed E-state index contributed by atoms with van der Waals surface area (Å²) in [4.78, 5) is 11.7. The van der Waals surface area contributed by atoms with E-state index in [9.17, 15) is 4.79 Å². The van der Waals surface area contributed by atoms with Crippen molar-refractivity contribution in [2.75, 3.05) is 31.6 Å².